The van der Waals surface area contributed by atoms with Crippen molar-refractivity contribution in [2.75, 3.05) is 38.5 Å². The molecular formula is C37H37F3N6O4S. The number of anilines is 1. The van der Waals surface area contributed by atoms with E-state index in [9.17, 15) is 23.6 Å². The molecule has 1 aliphatic rings. The summed E-state index contributed by atoms with van der Waals surface area (Å²) in [6.07, 6.45) is 2.31. The van der Waals surface area contributed by atoms with Crippen LogP contribution in [0.5, 0.6) is 0 Å². The van der Waals surface area contributed by atoms with Crippen LogP contribution in [0.3, 0.4) is 0 Å². The molecule has 0 saturated carbocycles. The summed E-state index contributed by atoms with van der Waals surface area (Å²) < 4.78 is 46.1. The normalized spacial score (nSPS) is 13.3. The minimum atomic E-state index is -0.853. The molecule has 0 unspecified atom stereocenters. The number of nitrogens with one attached hydrogen (secondary N) is 2. The molecule has 51 heavy (non-hydrogen) atoms. The Labute approximate surface area is 295 Å². The molecule has 1 saturated heterocycles. The van der Waals surface area contributed by atoms with Crippen molar-refractivity contribution in [3.8, 4) is 16.1 Å². The summed E-state index contributed by atoms with van der Waals surface area (Å²) >= 11 is 1.14. The average molecular weight is 719 g/mol. The first-order valence-corrected chi connectivity index (χ1v) is 17.5. The zero-order chi connectivity index (χ0) is 36.2. The van der Waals surface area contributed by atoms with Gasteiger partial charge in [-0.25, -0.2) is 27.3 Å². The summed E-state index contributed by atoms with van der Waals surface area (Å²) in [5, 5.41) is 5.60. The van der Waals surface area contributed by atoms with Crippen LogP contribution < -0.4 is 21.9 Å². The number of thiophene rings is 1. The van der Waals surface area contributed by atoms with E-state index in [1.54, 1.807) is 31.2 Å². The third kappa shape index (κ3) is 7.61. The number of urea groups is 1. The monoisotopic (exact) mass is 718 g/mol. The number of halogens is 3. The highest BCUT2D eigenvalue weighted by molar-refractivity contribution is 7.22. The van der Waals surface area contributed by atoms with Gasteiger partial charge in [-0.05, 0) is 86.5 Å². The Morgan fingerprint density at radius 2 is 1.63 bits per heavy atom. The molecule has 2 aromatic heterocycles. The second-order valence-corrected chi connectivity index (χ2v) is 13.4. The zero-order valence-corrected chi connectivity index (χ0v) is 29.0. The lowest BCUT2D eigenvalue weighted by molar-refractivity contribution is -0.133. The predicted octanol–water partition coefficient (Wildman–Crippen LogP) is 5.93. The Bertz CT molecular complexity index is 2180. The summed E-state index contributed by atoms with van der Waals surface area (Å²) in [6.45, 7) is 3.61. The van der Waals surface area contributed by atoms with Gasteiger partial charge in [-0.15, -0.1) is 11.3 Å². The van der Waals surface area contributed by atoms with Gasteiger partial charge in [0, 0.05) is 55.3 Å². The number of benzene rings is 3. The van der Waals surface area contributed by atoms with Crippen LogP contribution in [-0.4, -0.2) is 64.1 Å². The zero-order valence-electron chi connectivity index (χ0n) is 28.2. The Morgan fingerprint density at radius 1 is 0.922 bits per heavy atom. The third-order valence-corrected chi connectivity index (χ3v) is 10.2. The number of carbonyl (C=O) groups is 2. The molecule has 3 aromatic carbocycles. The maximum atomic E-state index is 15.0. The second kappa shape index (κ2) is 15.4. The molecule has 0 bridgehead atoms. The first kappa shape index (κ1) is 35.6. The van der Waals surface area contributed by atoms with Crippen molar-refractivity contribution in [2.45, 2.75) is 39.3 Å². The van der Waals surface area contributed by atoms with E-state index < -0.39 is 35.2 Å². The van der Waals surface area contributed by atoms with E-state index in [0.717, 1.165) is 53.0 Å². The van der Waals surface area contributed by atoms with Gasteiger partial charge in [0.2, 0.25) is 5.91 Å². The lowest BCUT2D eigenvalue weighted by Gasteiger charge is -2.29. The number of amides is 3. The van der Waals surface area contributed by atoms with E-state index in [1.807, 2.05) is 16.8 Å². The van der Waals surface area contributed by atoms with Crippen molar-refractivity contribution in [1.29, 1.82) is 0 Å². The number of fused-ring (bicyclic) bond motifs is 1. The summed E-state index contributed by atoms with van der Waals surface area (Å²) in [5.74, 6) is -2.18. The Hall–Kier alpha value is -5.21. The molecule has 1 fully saturated rings. The second-order valence-electron chi connectivity index (χ2n) is 12.4. The number of hydrogen-bond acceptors (Lipinski definition) is 6. The van der Waals surface area contributed by atoms with Crippen molar-refractivity contribution in [3.05, 3.63) is 116 Å². The SMILES string of the molecule is CCNC(=O)Nc1ccc(-c2sc3c(c2CN(C)CCN2CCCCC2=O)c(=O)n(-c2ccc(F)cc2)c(=O)n3Cc2c(F)cccc2F)cc1. The van der Waals surface area contributed by atoms with Crippen LogP contribution in [0.1, 0.15) is 37.3 Å². The third-order valence-electron chi connectivity index (χ3n) is 8.88. The number of rotatable bonds is 11. The van der Waals surface area contributed by atoms with Crippen molar-refractivity contribution in [1.82, 2.24) is 24.3 Å². The number of likely N-dealkylation sites (tertiary alicyclic amines) is 1. The highest BCUT2D eigenvalue weighted by atomic mass is 32.1. The first-order valence-electron chi connectivity index (χ1n) is 16.7. The molecule has 10 nitrogen and oxygen atoms in total. The molecular weight excluding hydrogens is 682 g/mol. The van der Waals surface area contributed by atoms with E-state index in [4.69, 9.17) is 0 Å². The quantitative estimate of drug-likeness (QED) is 0.176. The molecule has 0 atom stereocenters. The molecule has 6 rings (SSSR count). The van der Waals surface area contributed by atoms with Gasteiger partial charge < -0.3 is 20.4 Å². The van der Waals surface area contributed by atoms with Gasteiger partial charge in [0.1, 0.15) is 22.3 Å². The van der Waals surface area contributed by atoms with Crippen LogP contribution >= 0.6 is 11.3 Å². The molecule has 266 valence electrons. The fourth-order valence-electron chi connectivity index (χ4n) is 6.23. The molecule has 2 N–H and O–H groups in total. The van der Waals surface area contributed by atoms with E-state index in [1.165, 1.54) is 22.8 Å². The molecule has 3 amide bonds. The van der Waals surface area contributed by atoms with Gasteiger partial charge in [-0.1, -0.05) is 18.2 Å². The van der Waals surface area contributed by atoms with E-state index in [2.05, 4.69) is 10.6 Å². The van der Waals surface area contributed by atoms with Crippen LogP contribution in [0.4, 0.5) is 23.7 Å². The van der Waals surface area contributed by atoms with E-state index in [0.29, 0.717) is 54.3 Å². The maximum absolute atomic E-state index is 15.0. The first-order chi connectivity index (χ1) is 24.5. The van der Waals surface area contributed by atoms with Crippen LogP contribution in [0.15, 0.2) is 76.3 Å². The lowest BCUT2D eigenvalue weighted by atomic mass is 10.1. The van der Waals surface area contributed by atoms with Gasteiger partial charge in [-0.2, -0.15) is 0 Å². The Morgan fingerprint density at radius 3 is 2.29 bits per heavy atom. The number of piperidine rings is 1. The van der Waals surface area contributed by atoms with Gasteiger partial charge >= 0.3 is 11.7 Å². The standard InChI is InChI=1S/C37H37F3N6O4S/c1-3-41-36(49)42-25-14-10-23(11-15-25)33-28(21-43(2)19-20-44-18-5-4-9-31(44)47)32-34(48)46(26-16-12-24(38)13-17-26)37(50)45(35(32)51-33)22-27-29(39)7-6-8-30(27)40/h6-8,10-17H,3-5,9,18-22H2,1-2H3,(H2,41,42,49). The molecule has 1 aliphatic heterocycles. The fourth-order valence-corrected chi connectivity index (χ4v) is 7.53. The van der Waals surface area contributed by atoms with Crippen molar-refractivity contribution in [3.63, 3.8) is 0 Å². The molecule has 3 heterocycles. The van der Waals surface area contributed by atoms with Gasteiger partial charge in [0.15, 0.2) is 0 Å². The highest BCUT2D eigenvalue weighted by Gasteiger charge is 2.26. The van der Waals surface area contributed by atoms with Crippen LogP contribution in [0.25, 0.3) is 26.3 Å². The largest absolute Gasteiger partial charge is 0.341 e. The Balaban J connectivity index is 1.54. The van der Waals surface area contributed by atoms with Crippen LogP contribution in [0, 0.1) is 17.5 Å². The summed E-state index contributed by atoms with van der Waals surface area (Å²) in [4.78, 5) is 58.0. The Kier molecular flexibility index (Phi) is 10.7. The summed E-state index contributed by atoms with van der Waals surface area (Å²) in [5.41, 5.74) is -0.00997. The lowest BCUT2D eigenvalue weighted by Crippen LogP contribution is -2.40. The van der Waals surface area contributed by atoms with Gasteiger partial charge in [0.05, 0.1) is 17.6 Å². The molecule has 0 spiro atoms. The van der Waals surface area contributed by atoms with Crippen LogP contribution in [-0.2, 0) is 17.9 Å². The number of nitrogens with zero attached hydrogens (tertiary/aromatic N) is 4. The minimum Gasteiger partial charge on any atom is -0.341 e. The molecule has 5 aromatic rings. The number of hydrogen-bond donors (Lipinski definition) is 2. The highest BCUT2D eigenvalue weighted by Crippen LogP contribution is 2.38. The fraction of sp³-hybridized carbons (Fsp3) is 0.297. The molecule has 0 aliphatic carbocycles. The predicted molar refractivity (Wildman–Crippen MR) is 192 cm³/mol. The van der Waals surface area contributed by atoms with Gasteiger partial charge in [0.25, 0.3) is 5.56 Å². The van der Waals surface area contributed by atoms with Gasteiger partial charge in [-0.3, -0.25) is 14.2 Å². The summed E-state index contributed by atoms with van der Waals surface area (Å²) in [6, 6.07) is 14.9. The van der Waals surface area contributed by atoms with Crippen molar-refractivity contribution in [2.24, 2.45) is 0 Å². The number of aromatic nitrogens is 2. The van der Waals surface area contributed by atoms with E-state index in [-0.39, 0.29) is 40.0 Å². The van der Waals surface area contributed by atoms with Crippen molar-refractivity contribution < 1.29 is 22.8 Å². The average Bonchev–Trinajstić information content (AvgIpc) is 3.47. The van der Waals surface area contributed by atoms with Crippen molar-refractivity contribution >= 4 is 39.2 Å². The molecule has 14 heteroatoms. The number of carbonyl (C=O) groups excluding carboxylic acids is 2. The number of likely N-dealkylation sites (N-methyl/N-ethyl adjacent to an activating group) is 1. The maximum Gasteiger partial charge on any atom is 0.337 e. The topological polar surface area (TPSA) is 109 Å². The van der Waals surface area contributed by atoms with E-state index >= 15 is 8.78 Å². The molecule has 0 radical (unpaired) electrons. The minimum absolute atomic E-state index is 0.0903. The smallest absolute Gasteiger partial charge is 0.337 e. The van der Waals surface area contributed by atoms with Crippen LogP contribution in [0.2, 0.25) is 0 Å². The summed E-state index contributed by atoms with van der Waals surface area (Å²) in [7, 11) is 1.87.